The summed E-state index contributed by atoms with van der Waals surface area (Å²) in [5.74, 6) is -2.46. The van der Waals surface area contributed by atoms with Crippen molar-refractivity contribution < 1.29 is 40.7 Å². The molecule has 0 aliphatic heterocycles. The van der Waals surface area contributed by atoms with Gasteiger partial charge in [0, 0.05) is 11.5 Å². The number of ketones is 2. The number of rotatable bonds is 6. The first-order valence-corrected chi connectivity index (χ1v) is 7.66. The molecule has 1 aliphatic carbocycles. The molecule has 0 N–H and O–H groups in total. The molecule has 0 bridgehead atoms. The summed E-state index contributed by atoms with van der Waals surface area (Å²) in [5.41, 5.74) is -4.90. The van der Waals surface area contributed by atoms with Gasteiger partial charge in [-0.05, 0) is 38.0 Å². The lowest BCUT2D eigenvalue weighted by atomic mass is 9.93. The number of hydrogen-bond acceptors (Lipinski definition) is 3. The van der Waals surface area contributed by atoms with Crippen molar-refractivity contribution in [2.45, 2.75) is 32.1 Å². The summed E-state index contributed by atoms with van der Waals surface area (Å²) in [7, 11) is 0. The first-order valence-electron chi connectivity index (χ1n) is 7.66. The molecule has 0 radical (unpaired) electrons. The second-order valence-electron chi connectivity index (χ2n) is 5.71. The van der Waals surface area contributed by atoms with Crippen LogP contribution in [0.25, 0.3) is 0 Å². The van der Waals surface area contributed by atoms with Crippen molar-refractivity contribution in [1.29, 1.82) is 0 Å². The van der Waals surface area contributed by atoms with Crippen molar-refractivity contribution in [2.75, 3.05) is 6.61 Å². The average Bonchev–Trinajstić information content (AvgIpc) is 3.37. The summed E-state index contributed by atoms with van der Waals surface area (Å²) in [6, 6.07) is 0.684. The number of ether oxygens (including phenoxy) is 1. The monoisotopic (exact) mass is 380 g/mol. The fraction of sp³-hybridized carbons (Fsp3) is 0.412. The second kappa shape index (κ2) is 7.13. The zero-order valence-corrected chi connectivity index (χ0v) is 13.5. The zero-order valence-electron chi connectivity index (χ0n) is 13.5. The van der Waals surface area contributed by atoms with Gasteiger partial charge in [0.25, 0.3) is 0 Å². The van der Waals surface area contributed by atoms with Gasteiger partial charge in [0.05, 0.1) is 24.0 Å². The molecule has 1 aromatic carbocycles. The topological polar surface area (TPSA) is 43.4 Å². The van der Waals surface area contributed by atoms with Crippen LogP contribution in [0.1, 0.15) is 41.3 Å². The van der Waals surface area contributed by atoms with Crippen LogP contribution in [0, 0.1) is 5.92 Å². The lowest BCUT2D eigenvalue weighted by molar-refractivity contribution is -0.143. The van der Waals surface area contributed by atoms with Crippen molar-refractivity contribution >= 4 is 11.6 Å². The molecule has 26 heavy (non-hydrogen) atoms. The Hall–Kier alpha value is -2.32. The van der Waals surface area contributed by atoms with Crippen LogP contribution in [0.5, 0.6) is 0 Å². The van der Waals surface area contributed by atoms with Crippen LogP contribution in [0.2, 0.25) is 0 Å². The number of benzene rings is 1. The van der Waals surface area contributed by atoms with Gasteiger partial charge in [-0.25, -0.2) is 0 Å². The van der Waals surface area contributed by atoms with Crippen LogP contribution in [0.4, 0.5) is 26.3 Å². The maximum atomic E-state index is 13.2. The number of alkyl halides is 6. The Morgan fingerprint density at radius 2 is 1.73 bits per heavy atom. The van der Waals surface area contributed by atoms with E-state index in [1.165, 1.54) is 0 Å². The van der Waals surface area contributed by atoms with Crippen LogP contribution in [0.15, 0.2) is 30.0 Å². The van der Waals surface area contributed by atoms with E-state index >= 15 is 0 Å². The summed E-state index contributed by atoms with van der Waals surface area (Å²) in [5, 5.41) is 0. The molecule has 0 spiro atoms. The van der Waals surface area contributed by atoms with Gasteiger partial charge >= 0.3 is 12.4 Å². The van der Waals surface area contributed by atoms with E-state index in [1.54, 1.807) is 6.92 Å². The largest absolute Gasteiger partial charge is 0.501 e. The Morgan fingerprint density at radius 3 is 2.19 bits per heavy atom. The van der Waals surface area contributed by atoms with E-state index in [9.17, 15) is 35.9 Å². The van der Waals surface area contributed by atoms with Gasteiger partial charge in [0.15, 0.2) is 11.6 Å². The number of allylic oxidation sites excluding steroid dienone is 1. The standard InChI is InChI=1S/C17H14F6O3/c1-2-26-8-12(14(24)9-3-4-9)15(25)11-6-5-10(16(18,19)20)7-13(11)17(21,22)23/h5-9H,2-4H2,1H3. The number of hydrogen-bond donors (Lipinski definition) is 0. The highest BCUT2D eigenvalue weighted by Gasteiger charge is 2.41. The normalized spacial score (nSPS) is 15.7. The maximum absolute atomic E-state index is 13.2. The first-order chi connectivity index (χ1) is 12.0. The molecule has 1 aromatic rings. The number of Topliss-reactive ketones (excluding diaryl/α,β-unsaturated/α-hetero) is 2. The van der Waals surface area contributed by atoms with Crippen LogP contribution in [-0.2, 0) is 21.9 Å². The molecule has 2 rings (SSSR count). The zero-order chi connectivity index (χ0) is 19.7. The molecule has 1 aliphatic rings. The first kappa shape index (κ1) is 20.0. The molecule has 9 heteroatoms. The summed E-state index contributed by atoms with van der Waals surface area (Å²) in [6.07, 6.45) is -8.44. The highest BCUT2D eigenvalue weighted by molar-refractivity contribution is 6.27. The third-order valence-electron chi connectivity index (χ3n) is 3.72. The molecule has 0 unspecified atom stereocenters. The molecule has 142 valence electrons. The van der Waals surface area contributed by atoms with Crippen molar-refractivity contribution in [3.8, 4) is 0 Å². The summed E-state index contributed by atoms with van der Waals surface area (Å²) >= 11 is 0. The quantitative estimate of drug-likeness (QED) is 0.178. The van der Waals surface area contributed by atoms with E-state index in [-0.39, 0.29) is 12.7 Å². The van der Waals surface area contributed by atoms with Gasteiger partial charge in [0.1, 0.15) is 5.57 Å². The van der Waals surface area contributed by atoms with E-state index < -0.39 is 52.1 Å². The minimum atomic E-state index is -5.20. The molecular weight excluding hydrogens is 366 g/mol. The molecule has 0 aromatic heterocycles. The van der Waals surface area contributed by atoms with E-state index in [2.05, 4.69) is 0 Å². The summed E-state index contributed by atoms with van der Waals surface area (Å²) in [6.45, 7) is 1.60. The Bertz CT molecular complexity index is 742. The third-order valence-corrected chi connectivity index (χ3v) is 3.72. The second-order valence-corrected chi connectivity index (χ2v) is 5.71. The Balaban J connectivity index is 2.53. The lowest BCUT2D eigenvalue weighted by Crippen LogP contribution is -2.21. The van der Waals surface area contributed by atoms with Gasteiger partial charge in [0.2, 0.25) is 0 Å². The lowest BCUT2D eigenvalue weighted by Gasteiger charge is -2.16. The van der Waals surface area contributed by atoms with Crippen LogP contribution >= 0.6 is 0 Å². The number of carbonyl (C=O) groups is 2. The Kier molecular flexibility index (Phi) is 5.48. The van der Waals surface area contributed by atoms with Crippen molar-refractivity contribution in [3.05, 3.63) is 46.7 Å². The molecule has 0 saturated heterocycles. The van der Waals surface area contributed by atoms with Crippen LogP contribution in [0.3, 0.4) is 0 Å². The molecule has 0 atom stereocenters. The Labute approximate surface area is 144 Å². The van der Waals surface area contributed by atoms with E-state index in [0.29, 0.717) is 25.0 Å². The van der Waals surface area contributed by atoms with Crippen molar-refractivity contribution in [2.24, 2.45) is 5.92 Å². The van der Waals surface area contributed by atoms with Crippen molar-refractivity contribution in [1.82, 2.24) is 0 Å². The van der Waals surface area contributed by atoms with E-state index in [0.717, 1.165) is 6.26 Å². The summed E-state index contributed by atoms with van der Waals surface area (Å²) < 4.78 is 82.7. The minimum absolute atomic E-state index is 0.0634. The molecule has 1 fully saturated rings. The van der Waals surface area contributed by atoms with Crippen LogP contribution < -0.4 is 0 Å². The highest BCUT2D eigenvalue weighted by Crippen LogP contribution is 2.39. The van der Waals surface area contributed by atoms with Gasteiger partial charge in [-0.3, -0.25) is 9.59 Å². The van der Waals surface area contributed by atoms with Crippen molar-refractivity contribution in [3.63, 3.8) is 0 Å². The highest BCUT2D eigenvalue weighted by atomic mass is 19.4. The Morgan fingerprint density at radius 1 is 1.12 bits per heavy atom. The molecule has 0 heterocycles. The molecular formula is C17H14F6O3. The number of halogens is 6. The molecule has 1 saturated carbocycles. The number of carbonyl (C=O) groups excluding carboxylic acids is 2. The third kappa shape index (κ3) is 4.44. The molecule has 3 nitrogen and oxygen atoms in total. The van der Waals surface area contributed by atoms with Gasteiger partial charge in [-0.2, -0.15) is 26.3 Å². The van der Waals surface area contributed by atoms with Gasteiger partial charge in [-0.1, -0.05) is 0 Å². The SMILES string of the molecule is CCOC=C(C(=O)c1ccc(C(F)(F)F)cc1C(F)(F)F)C(=O)C1CC1. The maximum Gasteiger partial charge on any atom is 0.417 e. The van der Waals surface area contributed by atoms with E-state index in [1.807, 2.05) is 0 Å². The predicted molar refractivity (Wildman–Crippen MR) is 78.2 cm³/mol. The summed E-state index contributed by atoms with van der Waals surface area (Å²) in [4.78, 5) is 24.7. The molecule has 0 amide bonds. The van der Waals surface area contributed by atoms with Gasteiger partial charge in [-0.15, -0.1) is 0 Å². The van der Waals surface area contributed by atoms with E-state index in [4.69, 9.17) is 4.74 Å². The average molecular weight is 380 g/mol. The van der Waals surface area contributed by atoms with Crippen LogP contribution in [-0.4, -0.2) is 18.2 Å². The minimum Gasteiger partial charge on any atom is -0.501 e. The predicted octanol–water partition coefficient (Wildman–Crippen LogP) is 4.81. The fourth-order valence-electron chi connectivity index (χ4n) is 2.25. The van der Waals surface area contributed by atoms with Gasteiger partial charge < -0.3 is 4.74 Å². The smallest absolute Gasteiger partial charge is 0.417 e. The fourth-order valence-corrected chi connectivity index (χ4v) is 2.25.